The van der Waals surface area contributed by atoms with Gasteiger partial charge >= 0.3 is 0 Å². The molecule has 17 heavy (non-hydrogen) atoms. The van der Waals surface area contributed by atoms with E-state index < -0.39 is 0 Å². The lowest BCUT2D eigenvalue weighted by Gasteiger charge is -2.25. The number of Topliss-reactive ketones (excluding diaryl/α,β-unsaturated/α-hetero) is 1. The Morgan fingerprint density at radius 2 is 2.00 bits per heavy atom. The molecule has 0 unspecified atom stereocenters. The molecular formula is C15H21NO. The Bertz CT molecular complexity index is 380. The number of carbonyl (C=O) groups is 1. The molecule has 1 aliphatic heterocycles. The minimum absolute atomic E-state index is 0.277. The van der Waals surface area contributed by atoms with Gasteiger partial charge in [0.1, 0.15) is 0 Å². The standard InChI is InChI=1S/C15H21NO/c1-13-6-5-7-14(12-13)15(17)8-11-16-9-3-2-4-10-16/h5-7,12H,2-4,8-11H2,1H3. The third-order valence-corrected chi connectivity index (χ3v) is 3.44. The van der Waals surface area contributed by atoms with E-state index in [-0.39, 0.29) is 5.78 Å². The Hall–Kier alpha value is -1.15. The maximum absolute atomic E-state index is 12.0. The number of carbonyl (C=O) groups excluding carboxylic acids is 1. The van der Waals surface area contributed by atoms with E-state index in [2.05, 4.69) is 4.90 Å². The molecule has 92 valence electrons. The first-order chi connectivity index (χ1) is 8.25. The van der Waals surface area contributed by atoms with Gasteiger partial charge in [-0.3, -0.25) is 4.79 Å². The number of ketones is 1. The van der Waals surface area contributed by atoms with Crippen LogP contribution in [0.5, 0.6) is 0 Å². The van der Waals surface area contributed by atoms with Crippen molar-refractivity contribution >= 4 is 5.78 Å². The van der Waals surface area contributed by atoms with Crippen molar-refractivity contribution in [3.8, 4) is 0 Å². The summed E-state index contributed by atoms with van der Waals surface area (Å²) in [6.07, 6.45) is 4.59. The molecule has 0 atom stereocenters. The van der Waals surface area contributed by atoms with Crippen molar-refractivity contribution in [1.29, 1.82) is 0 Å². The molecule has 0 aliphatic carbocycles. The van der Waals surface area contributed by atoms with Gasteiger partial charge in [0.2, 0.25) is 0 Å². The molecule has 1 heterocycles. The quantitative estimate of drug-likeness (QED) is 0.742. The monoisotopic (exact) mass is 231 g/mol. The zero-order valence-corrected chi connectivity index (χ0v) is 10.6. The van der Waals surface area contributed by atoms with Gasteiger partial charge in [-0.2, -0.15) is 0 Å². The maximum Gasteiger partial charge on any atom is 0.164 e. The normalized spacial score (nSPS) is 17.0. The number of aryl methyl sites for hydroxylation is 1. The molecule has 1 saturated heterocycles. The first-order valence-corrected chi connectivity index (χ1v) is 6.58. The van der Waals surface area contributed by atoms with Crippen LogP contribution in [0, 0.1) is 6.92 Å². The average molecular weight is 231 g/mol. The van der Waals surface area contributed by atoms with Crippen molar-refractivity contribution in [3.63, 3.8) is 0 Å². The topological polar surface area (TPSA) is 20.3 Å². The lowest BCUT2D eigenvalue weighted by atomic mass is 10.0. The summed E-state index contributed by atoms with van der Waals surface area (Å²) in [6, 6.07) is 7.90. The number of hydrogen-bond acceptors (Lipinski definition) is 2. The highest BCUT2D eigenvalue weighted by molar-refractivity contribution is 5.96. The second-order valence-electron chi connectivity index (χ2n) is 4.94. The number of benzene rings is 1. The number of nitrogens with zero attached hydrogens (tertiary/aromatic N) is 1. The lowest BCUT2D eigenvalue weighted by molar-refractivity contribution is 0.0958. The molecule has 2 heteroatoms. The summed E-state index contributed by atoms with van der Waals surface area (Å²) in [6.45, 7) is 5.29. The van der Waals surface area contributed by atoms with Gasteiger partial charge in [0, 0.05) is 18.5 Å². The van der Waals surface area contributed by atoms with Gasteiger partial charge in [0.15, 0.2) is 5.78 Å². The molecule has 0 bridgehead atoms. The molecule has 1 fully saturated rings. The van der Waals surface area contributed by atoms with E-state index in [0.29, 0.717) is 6.42 Å². The summed E-state index contributed by atoms with van der Waals surface area (Å²) in [5.41, 5.74) is 2.02. The predicted molar refractivity (Wildman–Crippen MR) is 70.4 cm³/mol. The zero-order chi connectivity index (χ0) is 12.1. The van der Waals surface area contributed by atoms with Crippen LogP contribution in [0.4, 0.5) is 0 Å². The maximum atomic E-state index is 12.0. The van der Waals surface area contributed by atoms with Crippen molar-refractivity contribution in [2.45, 2.75) is 32.6 Å². The van der Waals surface area contributed by atoms with Crippen molar-refractivity contribution in [1.82, 2.24) is 4.90 Å². The number of piperidine rings is 1. The molecule has 0 amide bonds. The molecule has 2 nitrogen and oxygen atoms in total. The highest BCUT2D eigenvalue weighted by Crippen LogP contribution is 2.11. The third-order valence-electron chi connectivity index (χ3n) is 3.44. The molecule has 2 rings (SSSR count). The van der Waals surface area contributed by atoms with E-state index in [1.54, 1.807) is 0 Å². The van der Waals surface area contributed by atoms with Gasteiger partial charge in [-0.05, 0) is 38.9 Å². The summed E-state index contributed by atoms with van der Waals surface area (Å²) in [5, 5.41) is 0. The summed E-state index contributed by atoms with van der Waals surface area (Å²) in [5.74, 6) is 0.277. The van der Waals surface area contributed by atoms with Crippen molar-refractivity contribution < 1.29 is 4.79 Å². The van der Waals surface area contributed by atoms with Crippen molar-refractivity contribution in [3.05, 3.63) is 35.4 Å². The first kappa shape index (κ1) is 12.3. The fourth-order valence-corrected chi connectivity index (χ4v) is 2.41. The van der Waals surface area contributed by atoms with Crippen LogP contribution in [-0.2, 0) is 0 Å². The fourth-order valence-electron chi connectivity index (χ4n) is 2.41. The van der Waals surface area contributed by atoms with E-state index in [1.807, 2.05) is 31.2 Å². The Morgan fingerprint density at radius 1 is 1.24 bits per heavy atom. The summed E-state index contributed by atoms with van der Waals surface area (Å²) >= 11 is 0. The molecule has 1 aliphatic rings. The van der Waals surface area contributed by atoms with Gasteiger partial charge in [0.25, 0.3) is 0 Å². The van der Waals surface area contributed by atoms with Crippen LogP contribution >= 0.6 is 0 Å². The van der Waals surface area contributed by atoms with Gasteiger partial charge in [-0.15, -0.1) is 0 Å². The van der Waals surface area contributed by atoms with Crippen LogP contribution < -0.4 is 0 Å². The molecule has 0 radical (unpaired) electrons. The lowest BCUT2D eigenvalue weighted by Crippen LogP contribution is -2.31. The minimum Gasteiger partial charge on any atom is -0.303 e. The summed E-state index contributed by atoms with van der Waals surface area (Å²) < 4.78 is 0. The van der Waals surface area contributed by atoms with Gasteiger partial charge < -0.3 is 4.90 Å². The molecule has 1 aromatic carbocycles. The fraction of sp³-hybridized carbons (Fsp3) is 0.533. The smallest absolute Gasteiger partial charge is 0.164 e. The highest BCUT2D eigenvalue weighted by atomic mass is 16.1. The SMILES string of the molecule is Cc1cccc(C(=O)CCN2CCCCC2)c1. The Morgan fingerprint density at radius 3 is 2.71 bits per heavy atom. The van der Waals surface area contributed by atoms with Crippen LogP contribution in [0.1, 0.15) is 41.6 Å². The molecule has 0 spiro atoms. The zero-order valence-electron chi connectivity index (χ0n) is 10.6. The van der Waals surface area contributed by atoms with Gasteiger partial charge in [0.05, 0.1) is 0 Å². The summed E-state index contributed by atoms with van der Waals surface area (Å²) in [4.78, 5) is 14.4. The van der Waals surface area contributed by atoms with E-state index in [0.717, 1.165) is 17.7 Å². The molecule has 0 saturated carbocycles. The molecule has 1 aromatic rings. The highest BCUT2D eigenvalue weighted by Gasteiger charge is 2.12. The van der Waals surface area contributed by atoms with E-state index >= 15 is 0 Å². The molecular weight excluding hydrogens is 210 g/mol. The third kappa shape index (κ3) is 3.67. The number of likely N-dealkylation sites (tertiary alicyclic amines) is 1. The van der Waals surface area contributed by atoms with Gasteiger partial charge in [-0.25, -0.2) is 0 Å². The van der Waals surface area contributed by atoms with E-state index in [4.69, 9.17) is 0 Å². The van der Waals surface area contributed by atoms with Crippen LogP contribution in [-0.4, -0.2) is 30.3 Å². The first-order valence-electron chi connectivity index (χ1n) is 6.58. The van der Waals surface area contributed by atoms with Crippen LogP contribution in [0.2, 0.25) is 0 Å². The summed E-state index contributed by atoms with van der Waals surface area (Å²) in [7, 11) is 0. The minimum atomic E-state index is 0.277. The van der Waals surface area contributed by atoms with Gasteiger partial charge in [-0.1, -0.05) is 30.2 Å². The van der Waals surface area contributed by atoms with Crippen LogP contribution in [0.25, 0.3) is 0 Å². The average Bonchev–Trinajstić information content (AvgIpc) is 2.37. The Labute approximate surface area is 104 Å². The molecule has 0 aromatic heterocycles. The number of hydrogen-bond donors (Lipinski definition) is 0. The second kappa shape index (κ2) is 5.97. The van der Waals surface area contributed by atoms with Crippen molar-refractivity contribution in [2.24, 2.45) is 0 Å². The Kier molecular flexibility index (Phi) is 4.32. The molecule has 0 N–H and O–H groups in total. The van der Waals surface area contributed by atoms with Crippen LogP contribution in [0.3, 0.4) is 0 Å². The van der Waals surface area contributed by atoms with E-state index in [9.17, 15) is 4.79 Å². The number of rotatable bonds is 4. The largest absolute Gasteiger partial charge is 0.303 e. The second-order valence-corrected chi connectivity index (χ2v) is 4.94. The Balaban J connectivity index is 1.84. The predicted octanol–water partition coefficient (Wildman–Crippen LogP) is 3.05. The van der Waals surface area contributed by atoms with E-state index in [1.165, 1.54) is 32.4 Å². The van der Waals surface area contributed by atoms with Crippen molar-refractivity contribution in [2.75, 3.05) is 19.6 Å². The van der Waals surface area contributed by atoms with Crippen LogP contribution in [0.15, 0.2) is 24.3 Å².